The number of hydrogen-bond acceptors (Lipinski definition) is 4. The molecule has 1 amide bonds. The molecule has 1 saturated carbocycles. The molecule has 0 spiro atoms. The lowest BCUT2D eigenvalue weighted by Gasteiger charge is -2.42. The highest BCUT2D eigenvalue weighted by atomic mass is 16.6. The van der Waals surface area contributed by atoms with Crippen LogP contribution in [0.1, 0.15) is 53.4 Å². The zero-order chi connectivity index (χ0) is 15.6. The van der Waals surface area contributed by atoms with Crippen LogP contribution in [0.2, 0.25) is 0 Å². The fourth-order valence-electron chi connectivity index (χ4n) is 3.17. The molecule has 0 radical (unpaired) electrons. The topological polar surface area (TPSA) is 53.0 Å². The standard InChI is InChI=1S/C16H30N2O3/c1-5-9-18(12-7-6-8-12)13-10-17(11-14(13)19)15(20)21-16(2,3)4/h12-14,19H,5-11H2,1-4H3/t13-,14-/m1/s1. The first-order valence-corrected chi connectivity index (χ1v) is 8.23. The van der Waals surface area contributed by atoms with E-state index in [9.17, 15) is 9.90 Å². The molecule has 0 unspecified atom stereocenters. The Morgan fingerprint density at radius 3 is 2.48 bits per heavy atom. The van der Waals surface area contributed by atoms with Crippen molar-refractivity contribution >= 4 is 6.09 Å². The van der Waals surface area contributed by atoms with Gasteiger partial charge in [-0.2, -0.15) is 0 Å². The van der Waals surface area contributed by atoms with Crippen LogP contribution >= 0.6 is 0 Å². The molecule has 5 nitrogen and oxygen atoms in total. The van der Waals surface area contributed by atoms with Crippen molar-refractivity contribution in [2.45, 2.75) is 77.2 Å². The van der Waals surface area contributed by atoms with Crippen LogP contribution in [0.3, 0.4) is 0 Å². The first-order valence-electron chi connectivity index (χ1n) is 8.23. The summed E-state index contributed by atoms with van der Waals surface area (Å²) < 4.78 is 5.42. The molecule has 5 heteroatoms. The molecule has 0 aromatic rings. The summed E-state index contributed by atoms with van der Waals surface area (Å²) in [6.45, 7) is 9.72. The molecule has 0 bridgehead atoms. The van der Waals surface area contributed by atoms with Crippen molar-refractivity contribution in [1.82, 2.24) is 9.80 Å². The zero-order valence-corrected chi connectivity index (χ0v) is 13.8. The summed E-state index contributed by atoms with van der Waals surface area (Å²) in [4.78, 5) is 16.2. The average Bonchev–Trinajstić information content (AvgIpc) is 2.66. The smallest absolute Gasteiger partial charge is 0.410 e. The number of ether oxygens (including phenoxy) is 1. The number of carbonyl (C=O) groups excluding carboxylic acids is 1. The molecule has 1 aliphatic carbocycles. The average molecular weight is 298 g/mol. The van der Waals surface area contributed by atoms with Gasteiger partial charge >= 0.3 is 6.09 Å². The van der Waals surface area contributed by atoms with Crippen LogP contribution in [0.5, 0.6) is 0 Å². The van der Waals surface area contributed by atoms with Crippen molar-refractivity contribution in [3.8, 4) is 0 Å². The van der Waals surface area contributed by atoms with Gasteiger partial charge in [0.1, 0.15) is 5.60 Å². The molecule has 0 aromatic heterocycles. The molecular formula is C16H30N2O3. The summed E-state index contributed by atoms with van der Waals surface area (Å²) in [6.07, 6.45) is 4.01. The van der Waals surface area contributed by atoms with Gasteiger partial charge in [0.15, 0.2) is 0 Å². The van der Waals surface area contributed by atoms with Gasteiger partial charge in [-0.25, -0.2) is 4.79 Å². The maximum atomic E-state index is 12.2. The number of rotatable bonds is 4. The van der Waals surface area contributed by atoms with Crippen molar-refractivity contribution < 1.29 is 14.6 Å². The van der Waals surface area contributed by atoms with Gasteiger partial charge < -0.3 is 14.7 Å². The van der Waals surface area contributed by atoms with Crippen molar-refractivity contribution in [3.05, 3.63) is 0 Å². The van der Waals surface area contributed by atoms with E-state index in [0.717, 1.165) is 13.0 Å². The number of amides is 1. The van der Waals surface area contributed by atoms with Crippen LogP contribution in [0.15, 0.2) is 0 Å². The Morgan fingerprint density at radius 1 is 1.33 bits per heavy atom. The van der Waals surface area contributed by atoms with Crippen molar-refractivity contribution in [2.24, 2.45) is 0 Å². The van der Waals surface area contributed by atoms with Crippen LogP contribution < -0.4 is 0 Å². The third-order valence-electron chi connectivity index (χ3n) is 4.36. The first kappa shape index (κ1) is 16.6. The molecule has 21 heavy (non-hydrogen) atoms. The van der Waals surface area contributed by atoms with E-state index in [1.54, 1.807) is 4.90 Å². The van der Waals surface area contributed by atoms with Crippen LogP contribution in [-0.4, -0.2) is 64.4 Å². The fraction of sp³-hybridized carbons (Fsp3) is 0.938. The molecule has 2 fully saturated rings. The quantitative estimate of drug-likeness (QED) is 0.865. The van der Waals surface area contributed by atoms with Gasteiger partial charge in [-0.05, 0) is 46.6 Å². The second-order valence-electron chi connectivity index (χ2n) is 7.34. The predicted octanol–water partition coefficient (Wildman–Crippen LogP) is 2.23. The normalized spacial score (nSPS) is 27.0. The Hall–Kier alpha value is -0.810. The fourth-order valence-corrected chi connectivity index (χ4v) is 3.17. The van der Waals surface area contributed by atoms with E-state index in [4.69, 9.17) is 4.74 Å². The van der Waals surface area contributed by atoms with E-state index in [2.05, 4.69) is 11.8 Å². The van der Waals surface area contributed by atoms with Crippen LogP contribution in [0.4, 0.5) is 4.79 Å². The Bertz CT molecular complexity index is 363. The Labute approximate surface area is 128 Å². The summed E-state index contributed by atoms with van der Waals surface area (Å²) in [7, 11) is 0. The van der Waals surface area contributed by atoms with Crippen molar-refractivity contribution in [1.29, 1.82) is 0 Å². The highest BCUT2D eigenvalue weighted by molar-refractivity contribution is 5.68. The Kier molecular flexibility index (Phi) is 5.15. The minimum Gasteiger partial charge on any atom is -0.444 e. The number of β-amino-alcohol motifs (C(OH)–C–C–N with tert-alkyl or cyclic N) is 1. The number of nitrogens with zero attached hydrogens (tertiary/aromatic N) is 2. The minimum atomic E-state index is -0.489. The summed E-state index contributed by atoms with van der Waals surface area (Å²) in [5.74, 6) is 0. The zero-order valence-electron chi connectivity index (χ0n) is 13.8. The van der Waals surface area contributed by atoms with E-state index >= 15 is 0 Å². The van der Waals surface area contributed by atoms with E-state index in [1.165, 1.54) is 19.3 Å². The molecule has 0 aromatic carbocycles. The number of carbonyl (C=O) groups is 1. The first-order chi connectivity index (χ1) is 9.81. The third kappa shape index (κ3) is 4.10. The number of likely N-dealkylation sites (tertiary alicyclic amines) is 1. The van der Waals surface area contributed by atoms with Gasteiger partial charge in [0, 0.05) is 12.6 Å². The van der Waals surface area contributed by atoms with Gasteiger partial charge in [-0.3, -0.25) is 4.90 Å². The molecular weight excluding hydrogens is 268 g/mol. The van der Waals surface area contributed by atoms with E-state index in [0.29, 0.717) is 19.1 Å². The van der Waals surface area contributed by atoms with Crippen molar-refractivity contribution in [2.75, 3.05) is 19.6 Å². The maximum absolute atomic E-state index is 12.2. The van der Waals surface area contributed by atoms with Gasteiger partial charge in [0.25, 0.3) is 0 Å². The maximum Gasteiger partial charge on any atom is 0.410 e. The number of aliphatic hydroxyl groups is 1. The molecule has 1 N–H and O–H groups in total. The lowest BCUT2D eigenvalue weighted by Crippen LogP contribution is -2.51. The molecule has 1 aliphatic heterocycles. The molecule has 2 aliphatic rings. The van der Waals surface area contributed by atoms with Gasteiger partial charge in [0.05, 0.1) is 18.7 Å². The molecule has 1 heterocycles. The minimum absolute atomic E-state index is 0.0581. The monoisotopic (exact) mass is 298 g/mol. The van der Waals surface area contributed by atoms with Gasteiger partial charge in [-0.15, -0.1) is 0 Å². The van der Waals surface area contributed by atoms with Crippen LogP contribution in [0.25, 0.3) is 0 Å². The molecule has 2 atom stereocenters. The predicted molar refractivity (Wildman–Crippen MR) is 82.2 cm³/mol. The second kappa shape index (κ2) is 6.53. The van der Waals surface area contributed by atoms with E-state index in [1.807, 2.05) is 20.8 Å². The second-order valence-corrected chi connectivity index (χ2v) is 7.34. The number of hydrogen-bond donors (Lipinski definition) is 1. The summed E-state index contributed by atoms with van der Waals surface area (Å²) in [6, 6.07) is 0.644. The van der Waals surface area contributed by atoms with E-state index in [-0.39, 0.29) is 12.1 Å². The van der Waals surface area contributed by atoms with Crippen molar-refractivity contribution in [3.63, 3.8) is 0 Å². The lowest BCUT2D eigenvalue weighted by molar-refractivity contribution is 0.0241. The Balaban J connectivity index is 1.97. The molecule has 1 saturated heterocycles. The summed E-state index contributed by atoms with van der Waals surface area (Å²) >= 11 is 0. The van der Waals surface area contributed by atoms with E-state index < -0.39 is 11.7 Å². The summed E-state index contributed by atoms with van der Waals surface area (Å²) in [5, 5.41) is 10.4. The molecule has 122 valence electrons. The Morgan fingerprint density at radius 2 is 2.00 bits per heavy atom. The largest absolute Gasteiger partial charge is 0.444 e. The van der Waals surface area contributed by atoms with Crippen LogP contribution in [0, 0.1) is 0 Å². The highest BCUT2D eigenvalue weighted by Gasteiger charge is 2.42. The molecule has 2 rings (SSSR count). The number of aliphatic hydroxyl groups excluding tert-OH is 1. The van der Waals surface area contributed by atoms with Gasteiger partial charge in [0.2, 0.25) is 0 Å². The third-order valence-corrected chi connectivity index (χ3v) is 4.36. The highest BCUT2D eigenvalue weighted by Crippen LogP contribution is 2.30. The summed E-state index contributed by atoms with van der Waals surface area (Å²) in [5.41, 5.74) is -0.489. The lowest BCUT2D eigenvalue weighted by atomic mass is 9.89. The van der Waals surface area contributed by atoms with Gasteiger partial charge in [-0.1, -0.05) is 13.3 Å². The van der Waals surface area contributed by atoms with Crippen LogP contribution in [-0.2, 0) is 4.74 Å². The SMILES string of the molecule is CCCN(C1CCC1)[C@@H]1CN(C(=O)OC(C)(C)C)C[C@H]1O.